The summed E-state index contributed by atoms with van der Waals surface area (Å²) in [5, 5.41) is 15.5. The molecule has 0 saturated carbocycles. The minimum atomic E-state index is -0.474. The molecule has 0 bridgehead atoms. The molecule has 9 nitrogen and oxygen atoms in total. The smallest absolute Gasteiger partial charge is 0.281 e. The molecule has 150 valence electrons. The molecule has 0 radical (unpaired) electrons. The Morgan fingerprint density at radius 1 is 1.10 bits per heavy atom. The molecule has 0 unspecified atom stereocenters. The van der Waals surface area contributed by atoms with Crippen molar-refractivity contribution in [3.8, 4) is 17.2 Å². The average molecular weight is 415 g/mol. The zero-order valence-electron chi connectivity index (χ0n) is 15.8. The number of amides is 1. The fourth-order valence-corrected chi connectivity index (χ4v) is 3.59. The fourth-order valence-electron chi connectivity index (χ4n) is 2.65. The zero-order valence-corrected chi connectivity index (χ0v) is 16.6. The Bertz CT molecular complexity index is 1080. The van der Waals surface area contributed by atoms with Crippen LogP contribution < -0.4 is 19.6 Å². The molecule has 2 aromatic carbocycles. The zero-order chi connectivity index (χ0) is 21.0. The van der Waals surface area contributed by atoms with Crippen LogP contribution in [0.15, 0.2) is 41.5 Å². The van der Waals surface area contributed by atoms with Crippen LogP contribution in [0.4, 0.5) is 5.69 Å². The summed E-state index contributed by atoms with van der Waals surface area (Å²) in [5.74, 6) is 0.963. The van der Waals surface area contributed by atoms with Crippen molar-refractivity contribution in [1.29, 1.82) is 0 Å². The Hall–Kier alpha value is -3.66. The number of hydrogen-bond donors (Lipinski definition) is 1. The highest BCUT2D eigenvalue weighted by atomic mass is 32.1. The Morgan fingerprint density at radius 3 is 2.38 bits per heavy atom. The van der Waals surface area contributed by atoms with Crippen molar-refractivity contribution in [3.05, 3.63) is 57.0 Å². The predicted octanol–water partition coefficient (Wildman–Crippen LogP) is 3.60. The summed E-state index contributed by atoms with van der Waals surface area (Å²) in [6.07, 6.45) is 1.44. The largest absolute Gasteiger partial charge is 0.493 e. The van der Waals surface area contributed by atoms with Gasteiger partial charge >= 0.3 is 0 Å². The number of nitrogens with one attached hydrogen (secondary N) is 1. The molecule has 0 aliphatic heterocycles. The molecule has 0 spiro atoms. The number of nitrogens with zero attached hydrogens (tertiary/aromatic N) is 2. The minimum absolute atomic E-state index is 0.0253. The van der Waals surface area contributed by atoms with Gasteiger partial charge in [0.05, 0.1) is 37.3 Å². The third-order valence-corrected chi connectivity index (χ3v) is 5.12. The average Bonchev–Trinajstić information content (AvgIpc) is 3.16. The normalized spacial score (nSPS) is 10.9. The van der Waals surface area contributed by atoms with Crippen LogP contribution >= 0.6 is 11.3 Å². The number of methoxy groups -OCH3 is 3. The molecule has 29 heavy (non-hydrogen) atoms. The summed E-state index contributed by atoms with van der Waals surface area (Å²) in [7, 11) is 4.52. The molecule has 0 aliphatic carbocycles. The van der Waals surface area contributed by atoms with Crippen LogP contribution in [-0.2, 0) is 0 Å². The number of benzene rings is 2. The number of hydrazone groups is 1. The first kappa shape index (κ1) is 20.1. The van der Waals surface area contributed by atoms with Crippen LogP contribution in [-0.4, -0.2) is 38.4 Å². The number of hydrogen-bond acceptors (Lipinski definition) is 8. The van der Waals surface area contributed by atoms with Crippen molar-refractivity contribution in [1.82, 2.24) is 5.43 Å². The molecule has 0 atom stereocenters. The highest BCUT2D eigenvalue weighted by Crippen LogP contribution is 2.37. The molecule has 1 amide bonds. The number of nitro groups is 1. The Morgan fingerprint density at radius 2 is 1.79 bits per heavy atom. The first-order chi connectivity index (χ1) is 14.0. The van der Waals surface area contributed by atoms with Crippen LogP contribution in [0.5, 0.6) is 17.2 Å². The topological polar surface area (TPSA) is 112 Å². The molecule has 10 heteroatoms. The molecule has 0 fully saturated rings. The number of carbonyl (C=O) groups is 1. The molecule has 0 aliphatic rings. The predicted molar refractivity (Wildman–Crippen MR) is 110 cm³/mol. The second-order valence-corrected chi connectivity index (χ2v) is 6.83. The molecule has 1 N–H and O–H groups in total. The summed E-state index contributed by atoms with van der Waals surface area (Å²) in [6, 6.07) is 9.43. The van der Waals surface area contributed by atoms with Gasteiger partial charge in [0.2, 0.25) is 5.75 Å². The quantitative estimate of drug-likeness (QED) is 0.358. The number of carbonyl (C=O) groups excluding carboxylic acids is 1. The Kier molecular flexibility index (Phi) is 5.93. The van der Waals surface area contributed by atoms with E-state index in [0.717, 1.165) is 4.70 Å². The van der Waals surface area contributed by atoms with E-state index in [4.69, 9.17) is 14.2 Å². The van der Waals surface area contributed by atoms with Gasteiger partial charge in [0.1, 0.15) is 0 Å². The molecule has 1 heterocycles. The van der Waals surface area contributed by atoms with E-state index in [1.807, 2.05) is 0 Å². The van der Waals surface area contributed by atoms with Crippen LogP contribution in [0.3, 0.4) is 0 Å². The Labute approximate surface area is 169 Å². The summed E-state index contributed by atoms with van der Waals surface area (Å²) in [5.41, 5.74) is 3.05. The second kappa shape index (κ2) is 8.57. The van der Waals surface area contributed by atoms with E-state index in [9.17, 15) is 14.9 Å². The highest BCUT2D eigenvalue weighted by Gasteiger charge is 2.14. The lowest BCUT2D eigenvalue weighted by atomic mass is 10.2. The first-order valence-corrected chi connectivity index (χ1v) is 9.10. The van der Waals surface area contributed by atoms with E-state index in [0.29, 0.717) is 33.1 Å². The summed E-state index contributed by atoms with van der Waals surface area (Å²) in [6.45, 7) is 0. The summed E-state index contributed by atoms with van der Waals surface area (Å²) < 4.78 is 16.6. The van der Waals surface area contributed by atoms with Crippen molar-refractivity contribution in [2.75, 3.05) is 21.3 Å². The number of fused-ring (bicyclic) bond motifs is 1. The monoisotopic (exact) mass is 415 g/mol. The molecular formula is C19H17N3O6S. The molecule has 3 aromatic rings. The maximum Gasteiger partial charge on any atom is 0.281 e. The van der Waals surface area contributed by atoms with Crippen molar-refractivity contribution in [3.63, 3.8) is 0 Å². The minimum Gasteiger partial charge on any atom is -0.493 e. The van der Waals surface area contributed by atoms with Gasteiger partial charge in [-0.1, -0.05) is 0 Å². The third-order valence-electron chi connectivity index (χ3n) is 4.00. The molecule has 1 aromatic heterocycles. The summed E-state index contributed by atoms with van der Waals surface area (Å²) >= 11 is 1.22. The number of ether oxygens (including phenoxy) is 3. The number of thiophene rings is 1. The van der Waals surface area contributed by atoms with Gasteiger partial charge in [0.25, 0.3) is 11.6 Å². The van der Waals surface area contributed by atoms with E-state index >= 15 is 0 Å². The van der Waals surface area contributed by atoms with Crippen molar-refractivity contribution in [2.24, 2.45) is 5.10 Å². The molecular weight excluding hydrogens is 398 g/mol. The van der Waals surface area contributed by atoms with Gasteiger partial charge in [0, 0.05) is 27.8 Å². The number of rotatable bonds is 7. The fraction of sp³-hybridized carbons (Fsp3) is 0.158. The van der Waals surface area contributed by atoms with Crippen molar-refractivity contribution < 1.29 is 23.9 Å². The van der Waals surface area contributed by atoms with E-state index in [1.165, 1.54) is 51.0 Å². The highest BCUT2D eigenvalue weighted by molar-refractivity contribution is 7.20. The van der Waals surface area contributed by atoms with Crippen molar-refractivity contribution in [2.45, 2.75) is 0 Å². The van der Waals surface area contributed by atoms with Crippen molar-refractivity contribution >= 4 is 39.2 Å². The van der Waals surface area contributed by atoms with Gasteiger partial charge in [-0.15, -0.1) is 11.3 Å². The maximum absolute atomic E-state index is 12.4. The van der Waals surface area contributed by atoms with Crippen LogP contribution in [0.25, 0.3) is 10.1 Å². The van der Waals surface area contributed by atoms with Gasteiger partial charge in [0.15, 0.2) is 11.5 Å². The van der Waals surface area contributed by atoms with E-state index < -0.39 is 10.8 Å². The van der Waals surface area contributed by atoms with Gasteiger partial charge in [-0.25, -0.2) is 5.43 Å². The van der Waals surface area contributed by atoms with Gasteiger partial charge in [-0.2, -0.15) is 5.10 Å². The maximum atomic E-state index is 12.4. The lowest BCUT2D eigenvalue weighted by molar-refractivity contribution is -0.384. The SMILES string of the molecule is COc1cc(C=NNC(=O)c2cc3cc([N+](=O)[O-])ccc3s2)cc(OC)c1OC. The Balaban J connectivity index is 1.77. The second-order valence-electron chi connectivity index (χ2n) is 5.75. The standard InChI is InChI=1S/C19H17N3O6S/c1-26-14-6-11(7-15(27-2)18(14)28-3)10-20-21-19(23)17-9-12-8-13(22(24)25)4-5-16(12)29-17/h4-10H,1-3H3,(H,21,23). The lowest BCUT2D eigenvalue weighted by Crippen LogP contribution is -2.16. The van der Waals surface area contributed by atoms with Gasteiger partial charge in [-0.05, 0) is 24.3 Å². The first-order valence-electron chi connectivity index (χ1n) is 8.28. The number of nitro benzene ring substituents is 1. The van der Waals surface area contributed by atoms with Crippen LogP contribution in [0, 0.1) is 10.1 Å². The lowest BCUT2D eigenvalue weighted by Gasteiger charge is -2.12. The van der Waals surface area contributed by atoms with E-state index in [2.05, 4.69) is 10.5 Å². The van der Waals surface area contributed by atoms with Crippen LogP contribution in [0.2, 0.25) is 0 Å². The van der Waals surface area contributed by atoms with Gasteiger partial charge in [-0.3, -0.25) is 14.9 Å². The molecule has 3 rings (SSSR count). The number of non-ortho nitro benzene ring substituents is 1. The third kappa shape index (κ3) is 4.27. The van der Waals surface area contributed by atoms with Crippen LogP contribution in [0.1, 0.15) is 15.2 Å². The molecule has 0 saturated heterocycles. The summed E-state index contributed by atoms with van der Waals surface area (Å²) in [4.78, 5) is 23.1. The van der Waals surface area contributed by atoms with E-state index in [1.54, 1.807) is 24.3 Å². The van der Waals surface area contributed by atoms with Gasteiger partial charge < -0.3 is 14.2 Å². The van der Waals surface area contributed by atoms with E-state index in [-0.39, 0.29) is 5.69 Å².